The van der Waals surface area contributed by atoms with Gasteiger partial charge in [0.05, 0.1) is 5.56 Å². The maximum Gasteiger partial charge on any atom is 0.261 e. The van der Waals surface area contributed by atoms with Gasteiger partial charge < -0.3 is 0 Å². The quantitative estimate of drug-likeness (QED) is 0.558. The molecule has 1 atom stereocenters. The number of halogens is 1. The molecule has 2 aromatic rings. The van der Waals surface area contributed by atoms with Crippen LogP contribution in [0.1, 0.15) is 81.0 Å². The van der Waals surface area contributed by atoms with E-state index in [1.807, 2.05) is 6.92 Å². The molecule has 4 rings (SSSR count). The van der Waals surface area contributed by atoms with Gasteiger partial charge in [0.1, 0.15) is 0 Å². The number of hydrogen-bond acceptors (Lipinski definition) is 4. The first-order valence-corrected chi connectivity index (χ1v) is 10.2. The van der Waals surface area contributed by atoms with Crippen LogP contribution in [-0.2, 0) is 0 Å². The molecule has 2 aliphatic heterocycles. The van der Waals surface area contributed by atoms with E-state index in [0.717, 1.165) is 25.7 Å². The highest BCUT2D eigenvalue weighted by Crippen LogP contribution is 2.40. The van der Waals surface area contributed by atoms with Crippen molar-refractivity contribution >= 4 is 50.3 Å². The number of rotatable bonds is 5. The van der Waals surface area contributed by atoms with Crippen LogP contribution in [0.15, 0.2) is 22.7 Å². The summed E-state index contributed by atoms with van der Waals surface area (Å²) in [6, 6.07) is 4.48. The van der Waals surface area contributed by atoms with Gasteiger partial charge >= 0.3 is 0 Å². The Hall–Kier alpha value is -2.54. The molecular formula is C21H19BrN2O4. The number of hydrogen-bond donors (Lipinski definition) is 1. The summed E-state index contributed by atoms with van der Waals surface area (Å²) in [4.78, 5) is 52.4. The number of carbonyl (C=O) groups excluding carboxylic acids is 4. The van der Waals surface area contributed by atoms with Crippen LogP contribution in [0.2, 0.25) is 0 Å². The van der Waals surface area contributed by atoms with Crippen LogP contribution in [0.5, 0.6) is 0 Å². The maximum atomic E-state index is 13.2. The smallest absolute Gasteiger partial charge is 0.261 e. The highest BCUT2D eigenvalue weighted by molar-refractivity contribution is 9.10. The molecule has 144 valence electrons. The molecule has 1 unspecified atom stereocenters. The predicted octanol–water partition coefficient (Wildman–Crippen LogP) is 4.05. The Morgan fingerprint density at radius 3 is 2.36 bits per heavy atom. The van der Waals surface area contributed by atoms with E-state index < -0.39 is 11.8 Å². The van der Waals surface area contributed by atoms with Gasteiger partial charge in [-0.15, -0.1) is 0 Å². The number of benzene rings is 2. The first-order chi connectivity index (χ1) is 13.4. The Labute approximate surface area is 170 Å². The maximum absolute atomic E-state index is 13.2. The van der Waals surface area contributed by atoms with Crippen molar-refractivity contribution in [3.8, 4) is 0 Å². The summed E-state index contributed by atoms with van der Waals surface area (Å²) in [5, 5.41) is 3.07. The fourth-order valence-corrected chi connectivity index (χ4v) is 4.70. The molecule has 0 aromatic heterocycles. The summed E-state index contributed by atoms with van der Waals surface area (Å²) < 4.78 is 0.430. The largest absolute Gasteiger partial charge is 0.288 e. The van der Waals surface area contributed by atoms with Crippen molar-refractivity contribution in [1.82, 2.24) is 10.2 Å². The fourth-order valence-electron chi connectivity index (χ4n) is 4.09. The van der Waals surface area contributed by atoms with Crippen molar-refractivity contribution in [2.75, 3.05) is 0 Å². The minimum absolute atomic E-state index is 0.231. The molecule has 2 heterocycles. The van der Waals surface area contributed by atoms with E-state index in [1.165, 1.54) is 4.90 Å². The van der Waals surface area contributed by atoms with E-state index in [0.29, 0.717) is 31.9 Å². The minimum Gasteiger partial charge on any atom is -0.288 e. The molecule has 0 aliphatic carbocycles. The van der Waals surface area contributed by atoms with Gasteiger partial charge in [0.2, 0.25) is 0 Å². The highest BCUT2D eigenvalue weighted by atomic mass is 79.9. The van der Waals surface area contributed by atoms with Crippen LogP contribution < -0.4 is 5.32 Å². The molecule has 2 aliphatic rings. The van der Waals surface area contributed by atoms with E-state index in [-0.39, 0.29) is 23.4 Å². The van der Waals surface area contributed by atoms with Gasteiger partial charge in [-0.2, -0.15) is 0 Å². The third-order valence-corrected chi connectivity index (χ3v) is 6.12. The van der Waals surface area contributed by atoms with Crippen LogP contribution >= 0.6 is 15.9 Å². The van der Waals surface area contributed by atoms with Gasteiger partial charge in [-0.3, -0.25) is 29.4 Å². The second-order valence-electron chi connectivity index (χ2n) is 7.30. The SMILES string of the molecule is CCCCCC(C)N1C(=O)c2ccc3c4c(c(Br)cc(c24)C1=O)C(=O)NC3=O. The van der Waals surface area contributed by atoms with Crippen molar-refractivity contribution in [2.45, 2.75) is 45.6 Å². The van der Waals surface area contributed by atoms with Crippen LogP contribution in [0.3, 0.4) is 0 Å². The zero-order valence-corrected chi connectivity index (χ0v) is 17.2. The Morgan fingerprint density at radius 1 is 0.964 bits per heavy atom. The average molecular weight is 443 g/mol. The number of unbranched alkanes of at least 4 members (excludes halogenated alkanes) is 2. The van der Waals surface area contributed by atoms with Crippen LogP contribution in [-0.4, -0.2) is 34.6 Å². The standard InChI is InChI=1S/C21H19BrN2O4/c1-3-4-5-6-10(2)24-20(27)12-8-7-11-16-15(12)13(21(24)28)9-14(22)17(16)19(26)23-18(11)25/h7-10H,3-6H2,1-2H3,(H,23,25,26). The zero-order valence-electron chi connectivity index (χ0n) is 15.6. The lowest BCUT2D eigenvalue weighted by Gasteiger charge is -2.33. The predicted molar refractivity (Wildman–Crippen MR) is 108 cm³/mol. The van der Waals surface area contributed by atoms with E-state index in [4.69, 9.17) is 0 Å². The normalized spacial score (nSPS) is 16.6. The van der Waals surface area contributed by atoms with Crippen molar-refractivity contribution in [1.29, 1.82) is 0 Å². The molecular weight excluding hydrogens is 424 g/mol. The summed E-state index contributed by atoms with van der Waals surface area (Å²) in [6.07, 6.45) is 3.78. The minimum atomic E-state index is -0.539. The number of nitrogens with zero attached hydrogens (tertiary/aromatic N) is 1. The molecule has 0 saturated heterocycles. The summed E-state index contributed by atoms with van der Waals surface area (Å²) in [6.45, 7) is 3.98. The first kappa shape index (κ1) is 18.8. The van der Waals surface area contributed by atoms with Crippen molar-refractivity contribution in [3.63, 3.8) is 0 Å². The summed E-state index contributed by atoms with van der Waals surface area (Å²) >= 11 is 3.37. The Bertz CT molecular complexity index is 1080. The fraction of sp³-hybridized carbons (Fsp3) is 0.333. The van der Waals surface area contributed by atoms with Gasteiger partial charge in [0.25, 0.3) is 23.6 Å². The number of nitrogens with one attached hydrogen (secondary N) is 1. The average Bonchev–Trinajstić information content (AvgIpc) is 2.65. The van der Waals surface area contributed by atoms with Gasteiger partial charge in [0.15, 0.2) is 0 Å². The molecule has 0 bridgehead atoms. The lowest BCUT2D eigenvalue weighted by atomic mass is 9.86. The lowest BCUT2D eigenvalue weighted by Crippen LogP contribution is -2.46. The van der Waals surface area contributed by atoms with Gasteiger partial charge in [-0.25, -0.2) is 0 Å². The number of carbonyl (C=O) groups is 4. The number of imide groups is 2. The Morgan fingerprint density at radius 2 is 1.64 bits per heavy atom. The molecule has 0 saturated carbocycles. The summed E-state index contributed by atoms with van der Waals surface area (Å²) in [5.74, 6) is -1.82. The second kappa shape index (κ2) is 6.81. The van der Waals surface area contributed by atoms with Gasteiger partial charge in [0, 0.05) is 38.0 Å². The first-order valence-electron chi connectivity index (χ1n) is 9.39. The van der Waals surface area contributed by atoms with Crippen molar-refractivity contribution < 1.29 is 19.2 Å². The second-order valence-corrected chi connectivity index (χ2v) is 8.15. The molecule has 0 fully saturated rings. The topological polar surface area (TPSA) is 83.6 Å². The Kier molecular flexibility index (Phi) is 4.57. The molecule has 4 amide bonds. The molecule has 6 nitrogen and oxygen atoms in total. The molecule has 7 heteroatoms. The highest BCUT2D eigenvalue weighted by Gasteiger charge is 2.39. The van der Waals surface area contributed by atoms with Crippen LogP contribution in [0.25, 0.3) is 10.8 Å². The van der Waals surface area contributed by atoms with Crippen LogP contribution in [0, 0.1) is 0 Å². The van der Waals surface area contributed by atoms with E-state index >= 15 is 0 Å². The Balaban J connectivity index is 1.92. The number of amides is 4. The van der Waals surface area contributed by atoms with Crippen molar-refractivity contribution in [3.05, 3.63) is 44.9 Å². The monoisotopic (exact) mass is 442 g/mol. The molecule has 28 heavy (non-hydrogen) atoms. The van der Waals surface area contributed by atoms with E-state index in [2.05, 4.69) is 28.2 Å². The summed E-state index contributed by atoms with van der Waals surface area (Å²) in [5.41, 5.74) is 1.26. The van der Waals surface area contributed by atoms with Crippen LogP contribution in [0.4, 0.5) is 0 Å². The molecule has 1 N–H and O–H groups in total. The molecule has 0 radical (unpaired) electrons. The third kappa shape index (κ3) is 2.60. The molecule has 0 spiro atoms. The lowest BCUT2D eigenvalue weighted by molar-refractivity contribution is 0.0541. The zero-order chi connectivity index (χ0) is 20.2. The summed E-state index contributed by atoms with van der Waals surface area (Å²) in [7, 11) is 0. The molecule has 2 aromatic carbocycles. The van der Waals surface area contributed by atoms with E-state index in [9.17, 15) is 19.2 Å². The van der Waals surface area contributed by atoms with Crippen molar-refractivity contribution in [2.24, 2.45) is 0 Å². The van der Waals surface area contributed by atoms with Gasteiger partial charge in [-0.1, -0.05) is 26.2 Å². The van der Waals surface area contributed by atoms with E-state index in [1.54, 1.807) is 18.2 Å². The third-order valence-electron chi connectivity index (χ3n) is 5.50. The van der Waals surface area contributed by atoms with Gasteiger partial charge in [-0.05, 0) is 47.5 Å².